The zero-order valence-corrected chi connectivity index (χ0v) is 11.8. The van der Waals surface area contributed by atoms with Gasteiger partial charge in [0.05, 0.1) is 0 Å². The molecule has 0 saturated carbocycles. The zero-order chi connectivity index (χ0) is 13.4. The molecule has 0 bridgehead atoms. The number of thiazole rings is 1. The lowest BCUT2D eigenvalue weighted by atomic mass is 10.1. The molecule has 19 heavy (non-hydrogen) atoms. The maximum absolute atomic E-state index is 9.59. The predicted octanol–water partition coefficient (Wildman–Crippen LogP) is 3.69. The number of fused-ring (bicyclic) bond motifs is 1. The fourth-order valence-electron chi connectivity index (χ4n) is 1.69. The molecule has 0 amide bonds. The third-order valence-electron chi connectivity index (χ3n) is 2.58. The van der Waals surface area contributed by atoms with Gasteiger partial charge in [-0.25, -0.2) is 9.97 Å². The molecule has 0 aliphatic carbocycles. The minimum absolute atomic E-state index is 0.102. The van der Waals surface area contributed by atoms with Gasteiger partial charge in [0.25, 0.3) is 0 Å². The second-order valence-corrected chi connectivity index (χ2v) is 5.78. The highest BCUT2D eigenvalue weighted by Gasteiger charge is 2.11. The molecule has 0 spiro atoms. The number of aromatic hydroxyl groups is 1. The number of halogens is 2. The van der Waals surface area contributed by atoms with Crippen LogP contribution in [0.2, 0.25) is 10.0 Å². The average molecular weight is 312 g/mol. The van der Waals surface area contributed by atoms with Crippen molar-refractivity contribution in [3.05, 3.63) is 45.1 Å². The van der Waals surface area contributed by atoms with E-state index < -0.39 is 0 Å². The van der Waals surface area contributed by atoms with Crippen LogP contribution >= 0.6 is 34.5 Å². The molecule has 2 aromatic heterocycles. The summed E-state index contributed by atoms with van der Waals surface area (Å²) in [7, 11) is 0. The van der Waals surface area contributed by atoms with Crippen LogP contribution in [0, 0.1) is 0 Å². The Morgan fingerprint density at radius 3 is 2.79 bits per heavy atom. The zero-order valence-electron chi connectivity index (χ0n) is 9.47. The number of hydrogen-bond donors (Lipinski definition) is 1. The van der Waals surface area contributed by atoms with Crippen LogP contribution in [0.1, 0.15) is 10.6 Å². The Morgan fingerprint density at radius 1 is 1.21 bits per heavy atom. The first-order chi connectivity index (χ1) is 9.13. The lowest BCUT2D eigenvalue weighted by Gasteiger charge is -2.01. The molecule has 0 atom stereocenters. The quantitative estimate of drug-likeness (QED) is 0.784. The topological polar surface area (TPSA) is 58.9 Å². The van der Waals surface area contributed by atoms with Gasteiger partial charge in [-0.2, -0.15) is 4.98 Å². The summed E-state index contributed by atoms with van der Waals surface area (Å²) in [5.74, 6) is -0.102. The van der Waals surface area contributed by atoms with Crippen molar-refractivity contribution < 1.29 is 5.11 Å². The number of aromatic nitrogens is 3. The van der Waals surface area contributed by atoms with E-state index in [2.05, 4.69) is 15.0 Å². The van der Waals surface area contributed by atoms with E-state index in [0.717, 1.165) is 10.6 Å². The largest absolute Gasteiger partial charge is 0.492 e. The summed E-state index contributed by atoms with van der Waals surface area (Å²) in [5, 5.41) is 11.6. The van der Waals surface area contributed by atoms with Gasteiger partial charge in [0.15, 0.2) is 10.3 Å². The Balaban J connectivity index is 1.99. The molecular formula is C12H7Cl2N3OS. The Hall–Kier alpha value is -1.43. The molecule has 3 rings (SSSR count). The highest BCUT2D eigenvalue weighted by atomic mass is 35.5. The fourth-order valence-corrected chi connectivity index (χ4v) is 3.09. The second kappa shape index (κ2) is 4.92. The van der Waals surface area contributed by atoms with Gasteiger partial charge < -0.3 is 5.11 Å². The minimum Gasteiger partial charge on any atom is -0.492 e. The molecule has 0 fully saturated rings. The van der Waals surface area contributed by atoms with Crippen molar-refractivity contribution in [2.24, 2.45) is 0 Å². The van der Waals surface area contributed by atoms with Gasteiger partial charge in [-0.1, -0.05) is 40.6 Å². The summed E-state index contributed by atoms with van der Waals surface area (Å²) in [6.07, 6.45) is 1.88. The van der Waals surface area contributed by atoms with E-state index in [1.165, 1.54) is 17.7 Å². The van der Waals surface area contributed by atoms with Crippen LogP contribution in [-0.4, -0.2) is 20.1 Å². The molecule has 7 heteroatoms. The van der Waals surface area contributed by atoms with Crippen LogP contribution < -0.4 is 0 Å². The highest BCUT2D eigenvalue weighted by Crippen LogP contribution is 2.29. The molecule has 1 aromatic carbocycles. The van der Waals surface area contributed by atoms with Crippen molar-refractivity contribution >= 4 is 44.9 Å². The van der Waals surface area contributed by atoms with Crippen LogP contribution in [0.15, 0.2) is 24.5 Å². The Labute approximate surface area is 122 Å². The Kier molecular flexibility index (Phi) is 3.26. The molecule has 96 valence electrons. The summed E-state index contributed by atoms with van der Waals surface area (Å²) >= 11 is 13.4. The van der Waals surface area contributed by atoms with Gasteiger partial charge >= 0.3 is 0 Å². The Bertz CT molecular complexity index is 760. The number of benzene rings is 1. The standard InChI is InChI=1S/C12H7Cl2N3OS/c13-7-2-1-6(8(14)4-7)3-9-17-10-11(18)15-5-16-12(10)19-9/h1-2,4-5H,3H2,(H,15,16,18). The molecule has 4 nitrogen and oxygen atoms in total. The van der Waals surface area contributed by atoms with Crippen LogP contribution in [-0.2, 0) is 6.42 Å². The second-order valence-electron chi connectivity index (χ2n) is 3.87. The first-order valence-corrected chi connectivity index (χ1v) is 6.94. The molecular weight excluding hydrogens is 305 g/mol. The van der Waals surface area contributed by atoms with Gasteiger partial charge in [-0.05, 0) is 17.7 Å². The lowest BCUT2D eigenvalue weighted by Crippen LogP contribution is -1.88. The summed E-state index contributed by atoms with van der Waals surface area (Å²) < 4.78 is 0. The van der Waals surface area contributed by atoms with Crippen molar-refractivity contribution in [2.45, 2.75) is 6.42 Å². The van der Waals surface area contributed by atoms with Crippen LogP contribution in [0.4, 0.5) is 0 Å². The maximum Gasteiger partial charge on any atom is 0.242 e. The number of nitrogens with zero attached hydrogens (tertiary/aromatic N) is 3. The summed E-state index contributed by atoms with van der Waals surface area (Å²) in [6, 6.07) is 5.35. The van der Waals surface area contributed by atoms with E-state index in [-0.39, 0.29) is 5.88 Å². The van der Waals surface area contributed by atoms with E-state index >= 15 is 0 Å². The lowest BCUT2D eigenvalue weighted by molar-refractivity contribution is 0.458. The van der Waals surface area contributed by atoms with Crippen molar-refractivity contribution in [1.82, 2.24) is 15.0 Å². The molecule has 0 aliphatic rings. The molecule has 0 aliphatic heterocycles. The predicted molar refractivity (Wildman–Crippen MR) is 76.1 cm³/mol. The van der Waals surface area contributed by atoms with Crippen molar-refractivity contribution in [3.8, 4) is 5.88 Å². The normalized spacial score (nSPS) is 11.1. The van der Waals surface area contributed by atoms with E-state index in [1.807, 2.05) is 6.07 Å². The molecule has 0 saturated heterocycles. The smallest absolute Gasteiger partial charge is 0.242 e. The number of rotatable bonds is 2. The molecule has 3 aromatic rings. The van der Waals surface area contributed by atoms with E-state index in [9.17, 15) is 5.11 Å². The fraction of sp³-hybridized carbons (Fsp3) is 0.0833. The van der Waals surface area contributed by atoms with Crippen LogP contribution in [0.3, 0.4) is 0 Å². The SMILES string of the molecule is Oc1ncnc2sc(Cc3ccc(Cl)cc3Cl)nc12. The first-order valence-electron chi connectivity index (χ1n) is 5.37. The van der Waals surface area contributed by atoms with Gasteiger partial charge in [0.1, 0.15) is 11.3 Å². The number of hydrogen-bond acceptors (Lipinski definition) is 5. The summed E-state index contributed by atoms with van der Waals surface area (Å²) in [4.78, 5) is 12.8. The van der Waals surface area contributed by atoms with Crippen molar-refractivity contribution in [1.29, 1.82) is 0 Å². The Morgan fingerprint density at radius 2 is 2.05 bits per heavy atom. The monoisotopic (exact) mass is 311 g/mol. The van der Waals surface area contributed by atoms with E-state index in [0.29, 0.717) is 26.8 Å². The summed E-state index contributed by atoms with van der Waals surface area (Å²) in [6.45, 7) is 0. The van der Waals surface area contributed by atoms with Gasteiger partial charge in [0.2, 0.25) is 5.88 Å². The minimum atomic E-state index is -0.102. The van der Waals surface area contributed by atoms with Crippen molar-refractivity contribution in [2.75, 3.05) is 0 Å². The third kappa shape index (κ3) is 2.49. The molecule has 2 heterocycles. The third-order valence-corrected chi connectivity index (χ3v) is 4.13. The van der Waals surface area contributed by atoms with Crippen LogP contribution in [0.25, 0.3) is 10.3 Å². The molecule has 0 unspecified atom stereocenters. The first kappa shape index (κ1) is 12.6. The van der Waals surface area contributed by atoms with E-state index in [4.69, 9.17) is 23.2 Å². The van der Waals surface area contributed by atoms with Crippen molar-refractivity contribution in [3.63, 3.8) is 0 Å². The summed E-state index contributed by atoms with van der Waals surface area (Å²) in [5.41, 5.74) is 1.35. The highest BCUT2D eigenvalue weighted by molar-refractivity contribution is 7.18. The van der Waals surface area contributed by atoms with E-state index in [1.54, 1.807) is 12.1 Å². The van der Waals surface area contributed by atoms with Gasteiger partial charge in [0, 0.05) is 16.5 Å². The van der Waals surface area contributed by atoms with Gasteiger partial charge in [-0.15, -0.1) is 0 Å². The average Bonchev–Trinajstić information content (AvgIpc) is 2.77. The maximum atomic E-state index is 9.59. The molecule has 0 radical (unpaired) electrons. The van der Waals surface area contributed by atoms with Crippen LogP contribution in [0.5, 0.6) is 5.88 Å². The molecule has 1 N–H and O–H groups in total. The van der Waals surface area contributed by atoms with Gasteiger partial charge in [-0.3, -0.25) is 0 Å².